The molecule has 1 fully saturated rings. The molecule has 1 aromatic heterocycles. The molecule has 2 heterocycles. The number of anilines is 2. The summed E-state index contributed by atoms with van der Waals surface area (Å²) < 4.78 is 5.35. The van der Waals surface area contributed by atoms with Crippen molar-refractivity contribution in [1.82, 2.24) is 14.9 Å². The van der Waals surface area contributed by atoms with E-state index in [1.54, 1.807) is 0 Å². The van der Waals surface area contributed by atoms with Gasteiger partial charge in [0.1, 0.15) is 17.5 Å². The van der Waals surface area contributed by atoms with E-state index in [0.29, 0.717) is 17.6 Å². The number of hydrogen-bond acceptors (Lipinski definition) is 7. The first-order chi connectivity index (χ1) is 9.61. The summed E-state index contributed by atoms with van der Waals surface area (Å²) in [4.78, 5) is 12.7. The van der Waals surface area contributed by atoms with E-state index in [0.717, 1.165) is 32.8 Å². The predicted molar refractivity (Wildman–Crippen MR) is 76.3 cm³/mol. The minimum atomic E-state index is 0.225. The number of morpholine rings is 1. The highest BCUT2D eigenvalue weighted by Gasteiger charge is 2.19. The third-order valence-electron chi connectivity index (χ3n) is 3.47. The van der Waals surface area contributed by atoms with Crippen LogP contribution in [-0.4, -0.2) is 60.8 Å². The molecule has 1 aromatic rings. The van der Waals surface area contributed by atoms with Gasteiger partial charge in [0, 0.05) is 32.7 Å². The summed E-state index contributed by atoms with van der Waals surface area (Å²) in [5.74, 6) is 0.769. The third kappa shape index (κ3) is 3.35. The van der Waals surface area contributed by atoms with Gasteiger partial charge >= 0.3 is 0 Å². The zero-order valence-electron chi connectivity index (χ0n) is 11.9. The van der Waals surface area contributed by atoms with Crippen molar-refractivity contribution in [2.45, 2.75) is 13.0 Å². The van der Waals surface area contributed by atoms with E-state index in [4.69, 9.17) is 15.7 Å². The predicted octanol–water partition coefficient (Wildman–Crippen LogP) is 0.0874. The highest BCUT2D eigenvalue weighted by Crippen LogP contribution is 2.13. The normalized spacial score (nSPS) is 17.4. The first-order valence-corrected chi connectivity index (χ1v) is 6.67. The van der Waals surface area contributed by atoms with E-state index < -0.39 is 0 Å². The lowest BCUT2D eigenvalue weighted by atomic mass is 10.2. The van der Waals surface area contributed by atoms with E-state index >= 15 is 0 Å². The quantitative estimate of drug-likeness (QED) is 0.833. The largest absolute Gasteiger partial charge is 0.382 e. The monoisotopic (exact) mass is 276 g/mol. The SMILES string of the molecule is C[C@@H](CN(C)c1ncc(C#N)c(N)n1)N1CCOCC1. The lowest BCUT2D eigenvalue weighted by Crippen LogP contribution is -2.47. The number of ether oxygens (including phenoxy) is 1. The standard InChI is InChI=1S/C13H20N6O/c1-10(19-3-5-20-6-4-19)9-18(2)13-16-8-11(7-14)12(15)17-13/h8,10H,3-6,9H2,1-2H3,(H2,15,16,17)/t10-/m0/s1. The molecule has 0 saturated carbocycles. The molecular weight excluding hydrogens is 256 g/mol. The van der Waals surface area contributed by atoms with Crippen LogP contribution in [0.1, 0.15) is 12.5 Å². The van der Waals surface area contributed by atoms with Gasteiger partial charge in [0.2, 0.25) is 5.95 Å². The van der Waals surface area contributed by atoms with Gasteiger partial charge < -0.3 is 15.4 Å². The molecule has 1 atom stereocenters. The third-order valence-corrected chi connectivity index (χ3v) is 3.47. The van der Waals surface area contributed by atoms with E-state index in [9.17, 15) is 0 Å². The Bertz CT molecular complexity index is 494. The summed E-state index contributed by atoms with van der Waals surface area (Å²) >= 11 is 0. The van der Waals surface area contributed by atoms with Crippen LogP contribution >= 0.6 is 0 Å². The average molecular weight is 276 g/mol. The second-order valence-electron chi connectivity index (χ2n) is 4.96. The van der Waals surface area contributed by atoms with Crippen molar-refractivity contribution in [2.24, 2.45) is 0 Å². The molecular formula is C13H20N6O. The summed E-state index contributed by atoms with van der Waals surface area (Å²) in [6.07, 6.45) is 1.47. The molecule has 0 aliphatic carbocycles. The maximum atomic E-state index is 8.82. The lowest BCUT2D eigenvalue weighted by Gasteiger charge is -2.34. The molecule has 20 heavy (non-hydrogen) atoms. The van der Waals surface area contributed by atoms with Gasteiger partial charge in [-0.3, -0.25) is 4.90 Å². The van der Waals surface area contributed by atoms with Crippen LogP contribution in [0.15, 0.2) is 6.20 Å². The molecule has 7 heteroatoms. The van der Waals surface area contributed by atoms with Gasteiger partial charge in [-0.25, -0.2) is 4.98 Å². The Hall–Kier alpha value is -1.91. The smallest absolute Gasteiger partial charge is 0.227 e. The highest BCUT2D eigenvalue weighted by atomic mass is 16.5. The topological polar surface area (TPSA) is 91.3 Å². The van der Waals surface area contributed by atoms with Crippen molar-refractivity contribution in [3.63, 3.8) is 0 Å². The van der Waals surface area contributed by atoms with Crippen LogP contribution in [0.25, 0.3) is 0 Å². The van der Waals surface area contributed by atoms with Crippen LogP contribution in [0.5, 0.6) is 0 Å². The molecule has 0 radical (unpaired) electrons. The van der Waals surface area contributed by atoms with Crippen LogP contribution in [0.2, 0.25) is 0 Å². The van der Waals surface area contributed by atoms with Crippen LogP contribution in [0, 0.1) is 11.3 Å². The Morgan fingerprint density at radius 3 is 2.85 bits per heavy atom. The summed E-state index contributed by atoms with van der Waals surface area (Å²) in [5, 5.41) is 8.82. The van der Waals surface area contributed by atoms with Gasteiger partial charge in [-0.05, 0) is 6.92 Å². The fourth-order valence-electron chi connectivity index (χ4n) is 2.27. The molecule has 0 spiro atoms. The first-order valence-electron chi connectivity index (χ1n) is 6.67. The maximum Gasteiger partial charge on any atom is 0.227 e. The highest BCUT2D eigenvalue weighted by molar-refractivity contribution is 5.50. The zero-order chi connectivity index (χ0) is 14.5. The number of rotatable bonds is 4. The minimum absolute atomic E-state index is 0.225. The molecule has 1 saturated heterocycles. The molecule has 1 aliphatic heterocycles. The number of nitriles is 1. The van der Waals surface area contributed by atoms with E-state index in [1.807, 2.05) is 18.0 Å². The number of nitrogens with zero attached hydrogens (tertiary/aromatic N) is 5. The van der Waals surface area contributed by atoms with Crippen molar-refractivity contribution >= 4 is 11.8 Å². The fraction of sp³-hybridized carbons (Fsp3) is 0.615. The van der Waals surface area contributed by atoms with E-state index in [2.05, 4.69) is 21.8 Å². The van der Waals surface area contributed by atoms with Crippen molar-refractivity contribution in [3.8, 4) is 6.07 Å². The van der Waals surface area contributed by atoms with Gasteiger partial charge in [0.05, 0.1) is 19.4 Å². The molecule has 2 N–H and O–H groups in total. The molecule has 0 amide bonds. The Kier molecular flexibility index (Phi) is 4.71. The molecule has 108 valence electrons. The van der Waals surface area contributed by atoms with E-state index in [1.165, 1.54) is 6.20 Å². The van der Waals surface area contributed by atoms with Crippen LogP contribution in [-0.2, 0) is 4.74 Å². The number of aromatic nitrogens is 2. The number of hydrogen-bond donors (Lipinski definition) is 1. The molecule has 2 rings (SSSR count). The molecule has 0 bridgehead atoms. The molecule has 0 aromatic carbocycles. The summed E-state index contributed by atoms with van der Waals surface area (Å²) in [6.45, 7) is 6.44. The second-order valence-corrected chi connectivity index (χ2v) is 4.96. The van der Waals surface area contributed by atoms with Gasteiger partial charge in [-0.1, -0.05) is 0 Å². The van der Waals surface area contributed by atoms with Crippen molar-refractivity contribution in [2.75, 3.05) is 50.5 Å². The number of nitrogens with two attached hydrogens (primary N) is 1. The minimum Gasteiger partial charge on any atom is -0.382 e. The van der Waals surface area contributed by atoms with Gasteiger partial charge in [0.15, 0.2) is 0 Å². The zero-order valence-corrected chi connectivity index (χ0v) is 11.9. The second kappa shape index (κ2) is 6.50. The maximum absolute atomic E-state index is 8.82. The first kappa shape index (κ1) is 14.5. The Morgan fingerprint density at radius 2 is 2.25 bits per heavy atom. The van der Waals surface area contributed by atoms with Crippen molar-refractivity contribution in [3.05, 3.63) is 11.8 Å². The van der Waals surface area contributed by atoms with Crippen LogP contribution in [0.4, 0.5) is 11.8 Å². The Labute approximate surface area is 119 Å². The van der Waals surface area contributed by atoms with Crippen molar-refractivity contribution in [1.29, 1.82) is 5.26 Å². The van der Waals surface area contributed by atoms with E-state index in [-0.39, 0.29) is 5.82 Å². The van der Waals surface area contributed by atoms with Crippen LogP contribution < -0.4 is 10.6 Å². The number of likely N-dealkylation sites (N-methyl/N-ethyl adjacent to an activating group) is 1. The average Bonchev–Trinajstić information content (AvgIpc) is 2.48. The lowest BCUT2D eigenvalue weighted by molar-refractivity contribution is 0.0217. The summed E-state index contributed by atoms with van der Waals surface area (Å²) in [6, 6.07) is 2.34. The Balaban J connectivity index is 1.98. The molecule has 1 aliphatic rings. The summed E-state index contributed by atoms with van der Waals surface area (Å²) in [5.41, 5.74) is 6.02. The molecule has 7 nitrogen and oxygen atoms in total. The van der Waals surface area contributed by atoms with Crippen molar-refractivity contribution < 1.29 is 4.74 Å². The van der Waals surface area contributed by atoms with Crippen LogP contribution in [0.3, 0.4) is 0 Å². The fourth-order valence-corrected chi connectivity index (χ4v) is 2.27. The van der Waals surface area contributed by atoms with Gasteiger partial charge in [-0.2, -0.15) is 10.2 Å². The number of nitrogen functional groups attached to an aromatic ring is 1. The van der Waals surface area contributed by atoms with Gasteiger partial charge in [-0.15, -0.1) is 0 Å². The Morgan fingerprint density at radius 1 is 1.55 bits per heavy atom. The van der Waals surface area contributed by atoms with Gasteiger partial charge in [0.25, 0.3) is 0 Å². The molecule has 0 unspecified atom stereocenters. The summed E-state index contributed by atoms with van der Waals surface area (Å²) in [7, 11) is 1.93.